The van der Waals surface area contributed by atoms with E-state index in [-0.39, 0.29) is 18.0 Å². The lowest BCUT2D eigenvalue weighted by atomic mass is 9.95. The molecular formula is C19H27NO3. The van der Waals surface area contributed by atoms with Crippen LogP contribution >= 0.6 is 0 Å². The van der Waals surface area contributed by atoms with E-state index >= 15 is 0 Å². The van der Waals surface area contributed by atoms with E-state index < -0.39 is 0 Å². The summed E-state index contributed by atoms with van der Waals surface area (Å²) in [4.78, 5) is 13.2. The van der Waals surface area contributed by atoms with Crippen LogP contribution in [0.2, 0.25) is 0 Å². The van der Waals surface area contributed by atoms with Crippen molar-refractivity contribution < 1.29 is 14.3 Å². The molecule has 0 saturated carbocycles. The lowest BCUT2D eigenvalue weighted by molar-refractivity contribution is -0.134. The highest BCUT2D eigenvalue weighted by molar-refractivity contribution is 5.82. The fourth-order valence-electron chi connectivity index (χ4n) is 2.44. The number of ether oxygens (including phenoxy) is 2. The Labute approximate surface area is 139 Å². The largest absolute Gasteiger partial charge is 0.466 e. The Morgan fingerprint density at radius 1 is 1.13 bits per heavy atom. The summed E-state index contributed by atoms with van der Waals surface area (Å²) in [7, 11) is 7.12. The Kier molecular flexibility index (Phi) is 7.55. The van der Waals surface area contributed by atoms with Crippen LogP contribution in [0, 0.1) is 5.92 Å². The Morgan fingerprint density at radius 3 is 2.22 bits per heavy atom. The zero-order chi connectivity index (χ0) is 17.4. The van der Waals surface area contributed by atoms with Crippen LogP contribution < -0.4 is 4.90 Å². The summed E-state index contributed by atoms with van der Waals surface area (Å²) in [5.74, 6) is -0.180. The maximum absolute atomic E-state index is 11.1. The number of rotatable bonds is 7. The van der Waals surface area contributed by atoms with Gasteiger partial charge in [0.05, 0.1) is 13.2 Å². The molecule has 0 aliphatic carbocycles. The zero-order valence-electron chi connectivity index (χ0n) is 14.9. The maximum atomic E-state index is 11.1. The Morgan fingerprint density at radius 2 is 1.74 bits per heavy atom. The van der Waals surface area contributed by atoms with Crippen molar-refractivity contribution in [3.05, 3.63) is 53.6 Å². The average Bonchev–Trinajstić information content (AvgIpc) is 2.53. The standard InChI is InChI=1S/C19H27NO3/c1-14(7-12-18(21)22-5)13-15(2)19(23-6)16-8-10-17(11-9-16)20(3)4/h7-13,15,19H,1-6H3/b12-7+,14-13+/t15-,19?/m1/s1. The third-order valence-electron chi connectivity index (χ3n) is 3.68. The minimum absolute atomic E-state index is 0.0345. The molecule has 4 heteroatoms. The first-order valence-electron chi connectivity index (χ1n) is 7.63. The molecule has 0 saturated heterocycles. The summed E-state index contributed by atoms with van der Waals surface area (Å²) in [5.41, 5.74) is 3.28. The van der Waals surface area contributed by atoms with Crippen LogP contribution in [-0.2, 0) is 14.3 Å². The molecule has 0 spiro atoms. The Hall–Kier alpha value is -2.07. The third kappa shape index (κ3) is 5.91. The fraction of sp³-hybridized carbons (Fsp3) is 0.421. The van der Waals surface area contributed by atoms with Gasteiger partial charge in [-0.15, -0.1) is 0 Å². The Balaban J connectivity index is 2.87. The van der Waals surface area contributed by atoms with Crippen molar-refractivity contribution >= 4 is 11.7 Å². The molecule has 2 atom stereocenters. The number of benzene rings is 1. The first-order chi connectivity index (χ1) is 10.9. The molecule has 4 nitrogen and oxygen atoms in total. The monoisotopic (exact) mass is 317 g/mol. The zero-order valence-corrected chi connectivity index (χ0v) is 14.9. The molecule has 1 unspecified atom stereocenters. The van der Waals surface area contributed by atoms with Crippen molar-refractivity contribution in [3.8, 4) is 0 Å². The Bertz CT molecular complexity index is 558. The van der Waals surface area contributed by atoms with Gasteiger partial charge in [0.25, 0.3) is 0 Å². The molecule has 0 aliphatic heterocycles. The molecule has 0 radical (unpaired) electrons. The normalized spacial score (nSPS) is 14.6. The van der Waals surface area contributed by atoms with E-state index in [1.54, 1.807) is 13.2 Å². The molecule has 0 aliphatic rings. The van der Waals surface area contributed by atoms with E-state index in [0.717, 1.165) is 16.8 Å². The number of carbonyl (C=O) groups excluding carboxylic acids is 1. The topological polar surface area (TPSA) is 38.8 Å². The molecule has 126 valence electrons. The molecule has 0 aromatic heterocycles. The van der Waals surface area contributed by atoms with Crippen molar-refractivity contribution in [2.24, 2.45) is 5.92 Å². The first-order valence-corrected chi connectivity index (χ1v) is 7.63. The second-order valence-electron chi connectivity index (χ2n) is 5.77. The summed E-state index contributed by atoms with van der Waals surface area (Å²) < 4.78 is 10.3. The van der Waals surface area contributed by atoms with Crippen molar-refractivity contribution in [1.29, 1.82) is 0 Å². The second-order valence-corrected chi connectivity index (χ2v) is 5.77. The van der Waals surface area contributed by atoms with E-state index in [9.17, 15) is 4.79 Å². The predicted molar refractivity (Wildman–Crippen MR) is 94.6 cm³/mol. The molecule has 0 amide bonds. The van der Waals surface area contributed by atoms with Crippen LogP contribution in [0.4, 0.5) is 5.69 Å². The summed E-state index contributed by atoms with van der Waals surface area (Å²) in [6.45, 7) is 4.06. The highest BCUT2D eigenvalue weighted by Gasteiger charge is 2.17. The van der Waals surface area contributed by atoms with Crippen LogP contribution in [-0.4, -0.2) is 34.3 Å². The molecular weight excluding hydrogens is 290 g/mol. The highest BCUT2D eigenvalue weighted by Crippen LogP contribution is 2.28. The average molecular weight is 317 g/mol. The molecule has 1 rings (SSSR count). The summed E-state index contributed by atoms with van der Waals surface area (Å²) >= 11 is 0. The molecule has 1 aromatic carbocycles. The smallest absolute Gasteiger partial charge is 0.330 e. The van der Waals surface area contributed by atoms with Crippen LogP contribution in [0.15, 0.2) is 48.1 Å². The summed E-state index contributed by atoms with van der Waals surface area (Å²) in [5, 5.41) is 0. The molecule has 1 aromatic rings. The van der Waals surface area contributed by atoms with Crippen LogP contribution in [0.5, 0.6) is 0 Å². The predicted octanol–water partition coefficient (Wildman–Crippen LogP) is 3.75. The van der Waals surface area contributed by atoms with Gasteiger partial charge in [-0.05, 0) is 24.6 Å². The van der Waals surface area contributed by atoms with Gasteiger partial charge < -0.3 is 14.4 Å². The van der Waals surface area contributed by atoms with Gasteiger partial charge in [0.15, 0.2) is 0 Å². The van der Waals surface area contributed by atoms with E-state index in [4.69, 9.17) is 4.74 Å². The van der Waals surface area contributed by atoms with Gasteiger partial charge in [-0.2, -0.15) is 0 Å². The molecule has 23 heavy (non-hydrogen) atoms. The summed E-state index contributed by atoms with van der Waals surface area (Å²) in [6, 6.07) is 8.35. The van der Waals surface area contributed by atoms with E-state index in [2.05, 4.69) is 46.9 Å². The van der Waals surface area contributed by atoms with Gasteiger partial charge >= 0.3 is 5.97 Å². The molecule has 0 heterocycles. The van der Waals surface area contributed by atoms with Crippen molar-refractivity contribution in [2.45, 2.75) is 20.0 Å². The fourth-order valence-corrected chi connectivity index (χ4v) is 2.44. The second kappa shape index (κ2) is 9.16. The lowest BCUT2D eigenvalue weighted by Gasteiger charge is -2.22. The number of methoxy groups -OCH3 is 2. The number of carbonyl (C=O) groups is 1. The van der Waals surface area contributed by atoms with Crippen molar-refractivity contribution in [1.82, 2.24) is 0 Å². The maximum Gasteiger partial charge on any atom is 0.330 e. The van der Waals surface area contributed by atoms with Gasteiger partial charge in [0.2, 0.25) is 0 Å². The minimum atomic E-state index is -0.354. The quantitative estimate of drug-likeness (QED) is 0.436. The SMILES string of the molecule is COC(=O)/C=C/C(C)=C/[C@@H](C)C(OC)c1ccc(N(C)C)cc1. The van der Waals surface area contributed by atoms with Crippen LogP contribution in [0.25, 0.3) is 0 Å². The van der Waals surface area contributed by atoms with Crippen molar-refractivity contribution in [2.75, 3.05) is 33.2 Å². The molecule has 0 bridgehead atoms. The van der Waals surface area contributed by atoms with Gasteiger partial charge in [0, 0.05) is 38.9 Å². The number of hydrogen-bond donors (Lipinski definition) is 0. The van der Waals surface area contributed by atoms with Gasteiger partial charge in [-0.25, -0.2) is 4.79 Å². The van der Waals surface area contributed by atoms with E-state index in [1.165, 1.54) is 13.2 Å². The minimum Gasteiger partial charge on any atom is -0.466 e. The van der Waals surface area contributed by atoms with Crippen molar-refractivity contribution in [3.63, 3.8) is 0 Å². The summed E-state index contributed by atoms with van der Waals surface area (Å²) in [6.07, 6.45) is 5.23. The van der Waals surface area contributed by atoms with Crippen LogP contribution in [0.3, 0.4) is 0 Å². The third-order valence-corrected chi connectivity index (χ3v) is 3.68. The van der Waals surface area contributed by atoms with E-state index in [0.29, 0.717) is 0 Å². The first kappa shape index (κ1) is 19.0. The molecule has 0 fully saturated rings. The number of nitrogens with zero attached hydrogens (tertiary/aromatic N) is 1. The number of allylic oxidation sites excluding steroid dienone is 2. The van der Waals surface area contributed by atoms with Gasteiger partial charge in [-0.1, -0.05) is 36.8 Å². The number of esters is 1. The number of hydrogen-bond acceptors (Lipinski definition) is 4. The number of anilines is 1. The van der Waals surface area contributed by atoms with Gasteiger partial charge in [0.1, 0.15) is 0 Å². The molecule has 0 N–H and O–H groups in total. The van der Waals surface area contributed by atoms with Crippen LogP contribution in [0.1, 0.15) is 25.5 Å². The highest BCUT2D eigenvalue weighted by atomic mass is 16.5. The van der Waals surface area contributed by atoms with E-state index in [1.807, 2.05) is 21.0 Å². The van der Waals surface area contributed by atoms with Gasteiger partial charge in [-0.3, -0.25) is 0 Å². The lowest BCUT2D eigenvalue weighted by Crippen LogP contribution is -2.12.